The summed E-state index contributed by atoms with van der Waals surface area (Å²) in [4.78, 5) is 36.6. The number of ether oxygens (including phenoxy) is 1. The molecule has 2 amide bonds. The fourth-order valence-electron chi connectivity index (χ4n) is 5.84. The second-order valence-corrected chi connectivity index (χ2v) is 9.45. The number of rotatable bonds is 7. The summed E-state index contributed by atoms with van der Waals surface area (Å²) in [5, 5.41) is 5.28. The van der Waals surface area contributed by atoms with E-state index in [2.05, 4.69) is 10.6 Å². The highest BCUT2D eigenvalue weighted by molar-refractivity contribution is 6.31. The molecule has 0 heterocycles. The Hall–Kier alpha value is -2.15. The van der Waals surface area contributed by atoms with Crippen molar-refractivity contribution in [3.05, 3.63) is 29.0 Å². The maximum absolute atomic E-state index is 13.1. The highest BCUT2D eigenvalue weighted by Crippen LogP contribution is 2.60. The Morgan fingerprint density at radius 2 is 1.73 bits per heavy atom. The van der Waals surface area contributed by atoms with Crippen LogP contribution in [0.25, 0.3) is 0 Å². The molecule has 1 aromatic rings. The van der Waals surface area contributed by atoms with Gasteiger partial charge < -0.3 is 15.4 Å². The number of amides is 2. The first-order valence-corrected chi connectivity index (χ1v) is 10.9. The standard InChI is InChI=1S/C22H26ClFN2O4/c23-17-8-16(1-2-18(17)24)26-19(27)12-30-20(28)3-4-25-21(29)22-9-13-5-14(10-22)7-15(6-13)11-22/h1-2,8,13-15H,3-7,9-12H2,(H,25,29)(H,26,27). The van der Waals surface area contributed by atoms with Crippen molar-refractivity contribution in [2.45, 2.75) is 44.9 Å². The summed E-state index contributed by atoms with van der Waals surface area (Å²) in [6.07, 6.45) is 6.74. The summed E-state index contributed by atoms with van der Waals surface area (Å²) in [5.74, 6) is 0.415. The molecule has 0 atom stereocenters. The Morgan fingerprint density at radius 1 is 1.10 bits per heavy atom. The van der Waals surface area contributed by atoms with Crippen LogP contribution in [0.4, 0.5) is 10.1 Å². The molecule has 0 radical (unpaired) electrons. The van der Waals surface area contributed by atoms with Gasteiger partial charge in [-0.15, -0.1) is 0 Å². The Bertz CT molecular complexity index is 824. The summed E-state index contributed by atoms with van der Waals surface area (Å²) in [7, 11) is 0. The molecular formula is C22H26ClFN2O4. The molecule has 4 aliphatic rings. The van der Waals surface area contributed by atoms with Gasteiger partial charge in [0.15, 0.2) is 6.61 Å². The van der Waals surface area contributed by atoms with E-state index < -0.39 is 24.3 Å². The minimum Gasteiger partial charge on any atom is -0.456 e. The molecule has 4 aliphatic carbocycles. The van der Waals surface area contributed by atoms with E-state index in [0.29, 0.717) is 23.4 Å². The van der Waals surface area contributed by atoms with Crippen molar-refractivity contribution in [3.63, 3.8) is 0 Å². The fraction of sp³-hybridized carbons (Fsp3) is 0.591. The van der Waals surface area contributed by atoms with Crippen molar-refractivity contribution < 1.29 is 23.5 Å². The quantitative estimate of drug-likeness (QED) is 0.638. The van der Waals surface area contributed by atoms with Gasteiger partial charge in [-0.3, -0.25) is 14.4 Å². The molecule has 4 saturated carbocycles. The minimum atomic E-state index is -0.586. The molecule has 0 unspecified atom stereocenters. The molecule has 4 fully saturated rings. The number of carbonyl (C=O) groups is 3. The molecule has 2 N–H and O–H groups in total. The number of benzene rings is 1. The zero-order chi connectivity index (χ0) is 21.3. The van der Waals surface area contributed by atoms with Gasteiger partial charge in [0, 0.05) is 17.6 Å². The van der Waals surface area contributed by atoms with Crippen LogP contribution in [0, 0.1) is 29.0 Å². The number of hydrogen-bond donors (Lipinski definition) is 2. The minimum absolute atomic E-state index is 0.00770. The molecule has 6 nitrogen and oxygen atoms in total. The van der Waals surface area contributed by atoms with E-state index in [4.69, 9.17) is 16.3 Å². The highest BCUT2D eigenvalue weighted by atomic mass is 35.5. The topological polar surface area (TPSA) is 84.5 Å². The van der Waals surface area contributed by atoms with E-state index in [1.807, 2.05) is 0 Å². The number of nitrogens with one attached hydrogen (secondary N) is 2. The van der Waals surface area contributed by atoms with Crippen LogP contribution >= 0.6 is 11.6 Å². The summed E-state index contributed by atoms with van der Waals surface area (Å²) in [5.41, 5.74) is 0.0694. The van der Waals surface area contributed by atoms with Crippen molar-refractivity contribution in [2.24, 2.45) is 23.2 Å². The molecule has 0 aromatic heterocycles. The SMILES string of the molecule is O=C(COC(=O)CCNC(=O)C12CC3CC(CC(C3)C1)C2)Nc1ccc(F)c(Cl)c1. The molecule has 162 valence electrons. The Balaban J connectivity index is 1.17. The van der Waals surface area contributed by atoms with Gasteiger partial charge in [-0.25, -0.2) is 4.39 Å². The molecule has 0 spiro atoms. The van der Waals surface area contributed by atoms with E-state index in [1.54, 1.807) is 0 Å². The van der Waals surface area contributed by atoms with Crippen molar-refractivity contribution in [1.82, 2.24) is 5.32 Å². The monoisotopic (exact) mass is 436 g/mol. The smallest absolute Gasteiger partial charge is 0.308 e. The fourth-order valence-corrected chi connectivity index (χ4v) is 6.02. The first-order valence-electron chi connectivity index (χ1n) is 10.5. The third-order valence-corrected chi connectivity index (χ3v) is 6.99. The largest absolute Gasteiger partial charge is 0.456 e. The zero-order valence-electron chi connectivity index (χ0n) is 16.7. The number of hydrogen-bond acceptors (Lipinski definition) is 4. The van der Waals surface area contributed by atoms with E-state index in [1.165, 1.54) is 31.4 Å². The summed E-state index contributed by atoms with van der Waals surface area (Å²) in [6.45, 7) is -0.259. The van der Waals surface area contributed by atoms with E-state index in [0.717, 1.165) is 25.3 Å². The van der Waals surface area contributed by atoms with Crippen LogP contribution in [-0.2, 0) is 19.1 Å². The number of carbonyl (C=O) groups excluding carboxylic acids is 3. The van der Waals surface area contributed by atoms with Gasteiger partial charge in [-0.1, -0.05) is 11.6 Å². The second kappa shape index (κ2) is 8.53. The first kappa shape index (κ1) is 21.1. The molecule has 30 heavy (non-hydrogen) atoms. The van der Waals surface area contributed by atoms with Crippen LogP contribution in [-0.4, -0.2) is 30.9 Å². The molecule has 1 aromatic carbocycles. The van der Waals surface area contributed by atoms with Gasteiger partial charge in [-0.05, 0) is 74.5 Å². The highest BCUT2D eigenvalue weighted by Gasteiger charge is 2.54. The van der Waals surface area contributed by atoms with Gasteiger partial charge >= 0.3 is 5.97 Å². The van der Waals surface area contributed by atoms with Gasteiger partial charge in [-0.2, -0.15) is 0 Å². The first-order chi connectivity index (χ1) is 14.3. The molecule has 0 saturated heterocycles. The van der Waals surface area contributed by atoms with E-state index >= 15 is 0 Å². The van der Waals surface area contributed by atoms with Crippen LogP contribution in [0.2, 0.25) is 5.02 Å². The predicted octanol–water partition coefficient (Wildman–Crippen LogP) is 3.68. The molecular weight excluding hydrogens is 411 g/mol. The van der Waals surface area contributed by atoms with Crippen LogP contribution in [0.15, 0.2) is 18.2 Å². The number of esters is 1. The summed E-state index contributed by atoms with van der Waals surface area (Å²) >= 11 is 5.66. The van der Waals surface area contributed by atoms with Crippen LogP contribution < -0.4 is 10.6 Å². The van der Waals surface area contributed by atoms with Gasteiger partial charge in [0.05, 0.1) is 11.4 Å². The second-order valence-electron chi connectivity index (χ2n) is 9.04. The number of anilines is 1. The Labute approximate surface area is 179 Å². The molecule has 8 heteroatoms. The normalized spacial score (nSPS) is 28.8. The van der Waals surface area contributed by atoms with Crippen LogP contribution in [0.3, 0.4) is 0 Å². The lowest BCUT2D eigenvalue weighted by Gasteiger charge is -2.55. The average molecular weight is 437 g/mol. The summed E-state index contributed by atoms with van der Waals surface area (Å²) < 4.78 is 18.1. The van der Waals surface area contributed by atoms with Gasteiger partial charge in [0.25, 0.3) is 5.91 Å². The molecule has 4 bridgehead atoms. The molecule has 0 aliphatic heterocycles. The number of halogens is 2. The Kier molecular flexibility index (Phi) is 6.00. The van der Waals surface area contributed by atoms with Gasteiger partial charge in [0.1, 0.15) is 5.82 Å². The lowest BCUT2D eigenvalue weighted by Crippen LogP contribution is -2.53. The van der Waals surface area contributed by atoms with Crippen molar-refractivity contribution in [1.29, 1.82) is 0 Å². The van der Waals surface area contributed by atoms with Crippen LogP contribution in [0.1, 0.15) is 44.9 Å². The predicted molar refractivity (Wildman–Crippen MR) is 109 cm³/mol. The average Bonchev–Trinajstić information content (AvgIpc) is 2.68. The van der Waals surface area contributed by atoms with Crippen molar-refractivity contribution in [2.75, 3.05) is 18.5 Å². The third kappa shape index (κ3) is 4.61. The van der Waals surface area contributed by atoms with Crippen LogP contribution in [0.5, 0.6) is 0 Å². The van der Waals surface area contributed by atoms with Gasteiger partial charge in [0.2, 0.25) is 5.91 Å². The maximum Gasteiger partial charge on any atom is 0.308 e. The zero-order valence-corrected chi connectivity index (χ0v) is 17.5. The maximum atomic E-state index is 13.1. The third-order valence-electron chi connectivity index (χ3n) is 6.70. The lowest BCUT2D eigenvalue weighted by atomic mass is 9.49. The van der Waals surface area contributed by atoms with E-state index in [-0.39, 0.29) is 29.3 Å². The van der Waals surface area contributed by atoms with E-state index in [9.17, 15) is 18.8 Å². The van der Waals surface area contributed by atoms with Crippen molar-refractivity contribution >= 4 is 35.1 Å². The summed E-state index contributed by atoms with van der Waals surface area (Å²) in [6, 6.07) is 3.77. The Morgan fingerprint density at radius 3 is 2.33 bits per heavy atom. The molecule has 5 rings (SSSR count). The lowest BCUT2D eigenvalue weighted by molar-refractivity contribution is -0.148. The van der Waals surface area contributed by atoms with Crippen molar-refractivity contribution in [3.8, 4) is 0 Å².